The van der Waals surface area contributed by atoms with Gasteiger partial charge in [-0.25, -0.2) is 13.1 Å². The van der Waals surface area contributed by atoms with Gasteiger partial charge < -0.3 is 19.8 Å². The number of nitrogens with one attached hydrogen (secondary N) is 3. The number of fused-ring (bicyclic) bond motifs is 1. The molecule has 3 rings (SSSR count). The summed E-state index contributed by atoms with van der Waals surface area (Å²) in [4.78, 5) is 26.1. The Morgan fingerprint density at radius 1 is 1.00 bits per heavy atom. The molecule has 0 spiro atoms. The molecule has 0 fully saturated rings. The number of amides is 1. The number of H-pyrrole nitrogens is 1. The Balaban J connectivity index is 1.60. The van der Waals surface area contributed by atoms with Gasteiger partial charge in [0, 0.05) is 36.3 Å². The van der Waals surface area contributed by atoms with Gasteiger partial charge in [0.05, 0.1) is 19.1 Å². The summed E-state index contributed by atoms with van der Waals surface area (Å²) in [6.07, 6.45) is -0.0610. The predicted molar refractivity (Wildman–Crippen MR) is 113 cm³/mol. The second kappa shape index (κ2) is 8.97. The molecule has 1 heterocycles. The molecule has 0 atom stereocenters. The van der Waals surface area contributed by atoms with Crippen LogP contribution in [0.5, 0.6) is 11.5 Å². The molecule has 9 nitrogen and oxygen atoms in total. The number of pyridine rings is 1. The normalized spacial score (nSPS) is 11.3. The highest BCUT2D eigenvalue weighted by molar-refractivity contribution is 7.89. The van der Waals surface area contributed by atoms with Crippen LogP contribution in [0, 0.1) is 0 Å². The zero-order valence-corrected chi connectivity index (χ0v) is 17.2. The lowest BCUT2D eigenvalue weighted by Crippen LogP contribution is -2.27. The quantitative estimate of drug-likeness (QED) is 0.500. The predicted octanol–water partition coefficient (Wildman–Crippen LogP) is 1.85. The van der Waals surface area contributed by atoms with E-state index >= 15 is 0 Å². The smallest absolute Gasteiger partial charge is 0.248 e. The average Bonchev–Trinajstić information content (AvgIpc) is 2.73. The molecule has 1 amide bonds. The van der Waals surface area contributed by atoms with Crippen molar-refractivity contribution in [2.75, 3.05) is 26.1 Å². The number of sulfonamides is 1. The van der Waals surface area contributed by atoms with Crippen molar-refractivity contribution in [3.8, 4) is 11.5 Å². The zero-order valence-electron chi connectivity index (χ0n) is 16.4. The first kappa shape index (κ1) is 21.3. The van der Waals surface area contributed by atoms with E-state index < -0.39 is 10.0 Å². The number of benzene rings is 2. The van der Waals surface area contributed by atoms with Crippen LogP contribution in [0.15, 0.2) is 58.2 Å². The van der Waals surface area contributed by atoms with Crippen molar-refractivity contribution in [1.29, 1.82) is 0 Å². The number of methoxy groups -OCH3 is 2. The van der Waals surface area contributed by atoms with Crippen LogP contribution in [-0.4, -0.2) is 40.1 Å². The standard InChI is InChI=1S/C20H21N3O6S/c1-28-17-7-4-14(12-18(17)29-2)22-20(25)9-10-21-30(26,27)15-5-6-16-13(11-15)3-8-19(24)23-16/h3-8,11-12,21H,9-10H2,1-2H3,(H,22,25)(H,23,24). The van der Waals surface area contributed by atoms with Gasteiger partial charge in [-0.15, -0.1) is 0 Å². The molecule has 0 aliphatic rings. The summed E-state index contributed by atoms with van der Waals surface area (Å²) in [6.45, 7) is -0.0783. The van der Waals surface area contributed by atoms with Crippen molar-refractivity contribution in [2.45, 2.75) is 11.3 Å². The van der Waals surface area contributed by atoms with E-state index in [0.29, 0.717) is 28.1 Å². The van der Waals surface area contributed by atoms with Crippen molar-refractivity contribution in [3.63, 3.8) is 0 Å². The third kappa shape index (κ3) is 4.97. The summed E-state index contributed by atoms with van der Waals surface area (Å²) in [5.74, 6) is 0.636. The summed E-state index contributed by atoms with van der Waals surface area (Å²) in [5.41, 5.74) is 0.775. The molecule has 0 saturated carbocycles. The number of rotatable bonds is 8. The SMILES string of the molecule is COc1ccc(NC(=O)CCNS(=O)(=O)c2ccc3[nH]c(=O)ccc3c2)cc1OC. The maximum absolute atomic E-state index is 12.5. The van der Waals surface area contributed by atoms with Crippen molar-refractivity contribution >= 4 is 32.5 Å². The summed E-state index contributed by atoms with van der Waals surface area (Å²) in [6, 6.07) is 12.2. The van der Waals surface area contributed by atoms with E-state index in [1.165, 1.54) is 38.5 Å². The first-order chi connectivity index (χ1) is 14.3. The lowest BCUT2D eigenvalue weighted by atomic mass is 10.2. The van der Waals surface area contributed by atoms with Gasteiger partial charge in [-0.3, -0.25) is 9.59 Å². The van der Waals surface area contributed by atoms with E-state index in [2.05, 4.69) is 15.0 Å². The molecule has 0 aliphatic heterocycles. The highest BCUT2D eigenvalue weighted by Gasteiger charge is 2.15. The Hall–Kier alpha value is -3.37. The highest BCUT2D eigenvalue weighted by Crippen LogP contribution is 2.29. The van der Waals surface area contributed by atoms with E-state index in [0.717, 1.165) is 0 Å². The molecule has 3 aromatic rings. The van der Waals surface area contributed by atoms with Crippen molar-refractivity contribution in [1.82, 2.24) is 9.71 Å². The van der Waals surface area contributed by atoms with Crippen LogP contribution in [0.25, 0.3) is 10.9 Å². The molecule has 1 aromatic heterocycles. The molecular formula is C20H21N3O6S. The van der Waals surface area contributed by atoms with Gasteiger partial charge in [0.25, 0.3) is 0 Å². The Morgan fingerprint density at radius 2 is 1.77 bits per heavy atom. The molecule has 0 saturated heterocycles. The fourth-order valence-corrected chi connectivity index (χ4v) is 3.89. The van der Waals surface area contributed by atoms with Crippen LogP contribution in [0.2, 0.25) is 0 Å². The van der Waals surface area contributed by atoms with Crippen LogP contribution in [-0.2, 0) is 14.8 Å². The maximum atomic E-state index is 12.5. The number of ether oxygens (including phenoxy) is 2. The van der Waals surface area contributed by atoms with Gasteiger partial charge in [-0.05, 0) is 41.8 Å². The van der Waals surface area contributed by atoms with Gasteiger partial charge >= 0.3 is 0 Å². The summed E-state index contributed by atoms with van der Waals surface area (Å²) >= 11 is 0. The Kier molecular flexibility index (Phi) is 6.38. The van der Waals surface area contributed by atoms with Crippen LogP contribution >= 0.6 is 0 Å². The Bertz CT molecular complexity index is 1240. The number of aromatic nitrogens is 1. The van der Waals surface area contributed by atoms with Crippen LogP contribution in [0.4, 0.5) is 5.69 Å². The van der Waals surface area contributed by atoms with Crippen LogP contribution < -0.4 is 25.1 Å². The fourth-order valence-electron chi connectivity index (χ4n) is 2.82. The van der Waals surface area contributed by atoms with Gasteiger partial charge in [-0.2, -0.15) is 0 Å². The van der Waals surface area contributed by atoms with Gasteiger partial charge in [0.1, 0.15) is 0 Å². The fraction of sp³-hybridized carbons (Fsp3) is 0.200. The second-order valence-corrected chi connectivity index (χ2v) is 8.10. The van der Waals surface area contributed by atoms with E-state index in [9.17, 15) is 18.0 Å². The topological polar surface area (TPSA) is 127 Å². The first-order valence-electron chi connectivity index (χ1n) is 8.97. The van der Waals surface area contributed by atoms with Crippen molar-refractivity contribution in [2.24, 2.45) is 0 Å². The van der Waals surface area contributed by atoms with E-state index in [1.54, 1.807) is 24.3 Å². The number of carbonyl (C=O) groups excluding carboxylic acids is 1. The van der Waals surface area contributed by atoms with Crippen molar-refractivity contribution in [3.05, 3.63) is 58.9 Å². The summed E-state index contributed by atoms with van der Waals surface area (Å²) < 4.78 is 37.7. The maximum Gasteiger partial charge on any atom is 0.248 e. The molecule has 30 heavy (non-hydrogen) atoms. The van der Waals surface area contributed by atoms with Crippen LogP contribution in [0.3, 0.4) is 0 Å². The first-order valence-corrected chi connectivity index (χ1v) is 10.5. The highest BCUT2D eigenvalue weighted by atomic mass is 32.2. The lowest BCUT2D eigenvalue weighted by Gasteiger charge is -2.11. The molecule has 0 bridgehead atoms. The Labute approximate surface area is 173 Å². The number of hydrogen-bond donors (Lipinski definition) is 3. The van der Waals surface area contributed by atoms with Crippen molar-refractivity contribution < 1.29 is 22.7 Å². The van der Waals surface area contributed by atoms with Gasteiger partial charge in [-0.1, -0.05) is 0 Å². The lowest BCUT2D eigenvalue weighted by molar-refractivity contribution is -0.116. The van der Waals surface area contributed by atoms with E-state index in [4.69, 9.17) is 9.47 Å². The summed E-state index contributed by atoms with van der Waals surface area (Å²) in [7, 11) is -0.809. The minimum atomic E-state index is -3.81. The van der Waals surface area contributed by atoms with Crippen LogP contribution in [0.1, 0.15) is 6.42 Å². The largest absolute Gasteiger partial charge is 0.493 e. The minimum Gasteiger partial charge on any atom is -0.493 e. The third-order valence-electron chi connectivity index (χ3n) is 4.32. The van der Waals surface area contributed by atoms with Gasteiger partial charge in [0.15, 0.2) is 11.5 Å². The van der Waals surface area contributed by atoms with E-state index in [1.807, 2.05) is 0 Å². The molecule has 2 aromatic carbocycles. The molecule has 0 aliphatic carbocycles. The van der Waals surface area contributed by atoms with E-state index in [-0.39, 0.29) is 29.3 Å². The van der Waals surface area contributed by atoms with Gasteiger partial charge in [0.2, 0.25) is 21.5 Å². The second-order valence-electron chi connectivity index (χ2n) is 6.34. The molecular weight excluding hydrogens is 410 g/mol. The molecule has 10 heteroatoms. The zero-order chi connectivity index (χ0) is 21.7. The summed E-state index contributed by atoms with van der Waals surface area (Å²) in [5, 5.41) is 3.27. The third-order valence-corrected chi connectivity index (χ3v) is 5.78. The number of anilines is 1. The monoisotopic (exact) mass is 431 g/mol. The molecule has 3 N–H and O–H groups in total. The number of carbonyl (C=O) groups is 1. The molecule has 158 valence electrons. The molecule has 0 radical (unpaired) electrons. The number of hydrogen-bond acceptors (Lipinski definition) is 6. The molecule has 0 unspecified atom stereocenters. The number of aromatic amines is 1. The Morgan fingerprint density at radius 3 is 2.50 bits per heavy atom. The minimum absolute atomic E-state index is 0.0438. The average molecular weight is 431 g/mol.